The van der Waals surface area contributed by atoms with Crippen LogP contribution in [0, 0.1) is 0 Å². The number of nitrogens with zero attached hydrogens (tertiary/aromatic N) is 3. The van der Waals surface area contributed by atoms with Gasteiger partial charge in [-0.05, 0) is 6.07 Å². The number of aryl methyl sites for hydroxylation is 1. The third-order valence-electron chi connectivity index (χ3n) is 2.01. The van der Waals surface area contributed by atoms with Gasteiger partial charge < -0.3 is 5.73 Å². The molecule has 2 heterocycles. The summed E-state index contributed by atoms with van der Waals surface area (Å²) in [5, 5.41) is 10.2. The second kappa shape index (κ2) is 3.34. The number of H-pyrrole nitrogens is 1. The summed E-state index contributed by atoms with van der Waals surface area (Å²) in [5.41, 5.74) is 6.18. The van der Waals surface area contributed by atoms with Gasteiger partial charge in [-0.1, -0.05) is 0 Å². The third-order valence-corrected chi connectivity index (χ3v) is 2.01. The molecule has 0 radical (unpaired) electrons. The number of nitrogens with two attached hydrogens (primary N) is 1. The molecule has 15 heavy (non-hydrogen) atoms. The summed E-state index contributed by atoms with van der Waals surface area (Å²) < 4.78 is 26.0. The van der Waals surface area contributed by atoms with Crippen LogP contribution >= 0.6 is 0 Å². The molecule has 80 valence electrons. The number of aromatic amines is 1. The van der Waals surface area contributed by atoms with E-state index >= 15 is 0 Å². The van der Waals surface area contributed by atoms with E-state index in [1.54, 1.807) is 0 Å². The Hall–Kier alpha value is -1.92. The standard InChI is InChI=1S/C8H9F2N5/c1-15-6(8(9)10)2-5(14-15)4-3-7(11)13-12-4/h2-3,8H,1H3,(H3,11,12,13). The van der Waals surface area contributed by atoms with Gasteiger partial charge in [-0.15, -0.1) is 0 Å². The van der Waals surface area contributed by atoms with Crippen LogP contribution in [0.15, 0.2) is 12.1 Å². The highest BCUT2D eigenvalue weighted by Crippen LogP contribution is 2.24. The number of aromatic nitrogens is 4. The van der Waals surface area contributed by atoms with Crippen molar-refractivity contribution in [2.24, 2.45) is 7.05 Å². The topological polar surface area (TPSA) is 72.5 Å². The van der Waals surface area contributed by atoms with Gasteiger partial charge >= 0.3 is 0 Å². The molecule has 2 aromatic heterocycles. The molecule has 0 aliphatic rings. The largest absolute Gasteiger partial charge is 0.382 e. The molecular weight excluding hydrogens is 204 g/mol. The Bertz CT molecular complexity index is 473. The highest BCUT2D eigenvalue weighted by Gasteiger charge is 2.16. The Morgan fingerprint density at radius 2 is 2.20 bits per heavy atom. The molecule has 0 saturated carbocycles. The summed E-state index contributed by atoms with van der Waals surface area (Å²) >= 11 is 0. The van der Waals surface area contributed by atoms with E-state index in [0.717, 1.165) is 4.68 Å². The highest BCUT2D eigenvalue weighted by molar-refractivity contribution is 5.58. The lowest BCUT2D eigenvalue weighted by atomic mass is 10.3. The fraction of sp³-hybridized carbons (Fsp3) is 0.250. The molecule has 0 bridgehead atoms. The third kappa shape index (κ3) is 1.67. The fourth-order valence-electron chi connectivity index (χ4n) is 1.29. The molecule has 0 spiro atoms. The van der Waals surface area contributed by atoms with E-state index in [0.29, 0.717) is 17.2 Å². The van der Waals surface area contributed by atoms with Crippen molar-refractivity contribution in [3.05, 3.63) is 17.8 Å². The number of nitrogens with one attached hydrogen (secondary N) is 1. The van der Waals surface area contributed by atoms with Crippen LogP contribution < -0.4 is 5.73 Å². The van der Waals surface area contributed by atoms with Crippen LogP contribution in [-0.4, -0.2) is 20.0 Å². The maximum atomic E-state index is 12.5. The van der Waals surface area contributed by atoms with Crippen molar-refractivity contribution in [2.75, 3.05) is 5.73 Å². The van der Waals surface area contributed by atoms with Gasteiger partial charge in [-0.2, -0.15) is 10.2 Å². The lowest BCUT2D eigenvalue weighted by Gasteiger charge is -1.96. The van der Waals surface area contributed by atoms with Crippen LogP contribution in [0.25, 0.3) is 11.4 Å². The number of alkyl halides is 2. The van der Waals surface area contributed by atoms with Gasteiger partial charge in [-0.3, -0.25) is 9.78 Å². The van der Waals surface area contributed by atoms with Crippen LogP contribution in [0.1, 0.15) is 12.1 Å². The highest BCUT2D eigenvalue weighted by atomic mass is 19.3. The summed E-state index contributed by atoms with van der Waals surface area (Å²) in [5.74, 6) is 0.300. The number of nitrogen functional groups attached to an aromatic ring is 1. The molecule has 5 nitrogen and oxygen atoms in total. The zero-order valence-corrected chi connectivity index (χ0v) is 7.91. The van der Waals surface area contributed by atoms with Crippen LogP contribution in [0.2, 0.25) is 0 Å². The molecule has 0 aliphatic heterocycles. The van der Waals surface area contributed by atoms with Gasteiger partial charge in [0, 0.05) is 13.1 Å². The molecule has 0 aromatic carbocycles. The van der Waals surface area contributed by atoms with Gasteiger partial charge in [-0.25, -0.2) is 8.78 Å². The molecule has 0 aliphatic carbocycles. The lowest BCUT2D eigenvalue weighted by molar-refractivity contribution is 0.141. The molecule has 2 rings (SSSR count). The molecular formula is C8H9F2N5. The van der Waals surface area contributed by atoms with Crippen molar-refractivity contribution in [1.29, 1.82) is 0 Å². The summed E-state index contributed by atoms with van der Waals surface area (Å²) in [6.07, 6.45) is -2.54. The van der Waals surface area contributed by atoms with Gasteiger partial charge in [0.2, 0.25) is 0 Å². The van der Waals surface area contributed by atoms with E-state index in [-0.39, 0.29) is 5.69 Å². The number of halogens is 2. The first-order chi connectivity index (χ1) is 7.08. The van der Waals surface area contributed by atoms with Gasteiger partial charge in [0.15, 0.2) is 0 Å². The quantitative estimate of drug-likeness (QED) is 0.790. The Balaban J connectivity index is 2.42. The molecule has 0 unspecified atom stereocenters. The minimum atomic E-state index is -2.54. The predicted molar refractivity (Wildman–Crippen MR) is 50.2 cm³/mol. The zero-order chi connectivity index (χ0) is 11.0. The first-order valence-corrected chi connectivity index (χ1v) is 4.21. The van der Waals surface area contributed by atoms with Crippen LogP contribution in [0.4, 0.5) is 14.6 Å². The number of hydrogen-bond acceptors (Lipinski definition) is 3. The summed E-state index contributed by atoms with van der Waals surface area (Å²) in [4.78, 5) is 0. The fourth-order valence-corrected chi connectivity index (χ4v) is 1.29. The maximum absolute atomic E-state index is 12.5. The minimum absolute atomic E-state index is 0.141. The predicted octanol–water partition coefficient (Wildman–Crippen LogP) is 1.33. The monoisotopic (exact) mass is 213 g/mol. The number of anilines is 1. The Kier molecular flexibility index (Phi) is 2.14. The van der Waals surface area contributed by atoms with Gasteiger partial charge in [0.25, 0.3) is 6.43 Å². The van der Waals surface area contributed by atoms with Crippen molar-refractivity contribution < 1.29 is 8.78 Å². The molecule has 0 saturated heterocycles. The van der Waals surface area contributed by atoms with Crippen molar-refractivity contribution >= 4 is 5.82 Å². The van der Waals surface area contributed by atoms with Crippen molar-refractivity contribution in [3.63, 3.8) is 0 Å². The Morgan fingerprint density at radius 1 is 1.47 bits per heavy atom. The Labute approximate surface area is 83.9 Å². The van der Waals surface area contributed by atoms with E-state index in [4.69, 9.17) is 5.73 Å². The first kappa shape index (κ1) is 9.63. The van der Waals surface area contributed by atoms with E-state index in [1.807, 2.05) is 0 Å². The van der Waals surface area contributed by atoms with Gasteiger partial charge in [0.1, 0.15) is 17.2 Å². The number of rotatable bonds is 2. The molecule has 2 aromatic rings. The average molecular weight is 213 g/mol. The molecule has 0 amide bonds. The van der Waals surface area contributed by atoms with Crippen LogP contribution in [0.3, 0.4) is 0 Å². The second-order valence-electron chi connectivity index (χ2n) is 3.09. The molecule has 0 fully saturated rings. The minimum Gasteiger partial charge on any atom is -0.382 e. The average Bonchev–Trinajstić information content (AvgIpc) is 2.71. The SMILES string of the molecule is Cn1nc(-c2cc(N)n[nH]2)cc1C(F)F. The van der Waals surface area contributed by atoms with E-state index in [1.165, 1.54) is 19.2 Å². The van der Waals surface area contributed by atoms with E-state index < -0.39 is 6.43 Å². The first-order valence-electron chi connectivity index (χ1n) is 4.21. The zero-order valence-electron chi connectivity index (χ0n) is 7.91. The van der Waals surface area contributed by atoms with Crippen molar-refractivity contribution in [3.8, 4) is 11.4 Å². The van der Waals surface area contributed by atoms with Crippen molar-refractivity contribution in [2.45, 2.75) is 6.43 Å². The Morgan fingerprint density at radius 3 is 2.67 bits per heavy atom. The molecule has 0 atom stereocenters. The summed E-state index contributed by atoms with van der Waals surface area (Å²) in [7, 11) is 1.46. The normalized spacial score (nSPS) is 11.2. The smallest absolute Gasteiger partial charge is 0.280 e. The second-order valence-corrected chi connectivity index (χ2v) is 3.09. The van der Waals surface area contributed by atoms with Crippen LogP contribution in [-0.2, 0) is 7.05 Å². The summed E-state index contributed by atoms with van der Waals surface area (Å²) in [6, 6.07) is 2.84. The van der Waals surface area contributed by atoms with E-state index in [2.05, 4.69) is 15.3 Å². The molecule has 7 heteroatoms. The molecule has 3 N–H and O–H groups in total. The van der Waals surface area contributed by atoms with Gasteiger partial charge in [0.05, 0.1) is 5.69 Å². The maximum Gasteiger partial charge on any atom is 0.280 e. The lowest BCUT2D eigenvalue weighted by Crippen LogP contribution is -1.97. The van der Waals surface area contributed by atoms with Crippen molar-refractivity contribution in [1.82, 2.24) is 20.0 Å². The van der Waals surface area contributed by atoms with Crippen LogP contribution in [0.5, 0.6) is 0 Å². The summed E-state index contributed by atoms with van der Waals surface area (Å²) in [6.45, 7) is 0. The van der Waals surface area contributed by atoms with E-state index in [9.17, 15) is 8.78 Å². The number of hydrogen-bond donors (Lipinski definition) is 2.